The van der Waals surface area contributed by atoms with E-state index in [1.807, 2.05) is 24.3 Å². The quantitative estimate of drug-likeness (QED) is 0.919. The Morgan fingerprint density at radius 2 is 2.15 bits per heavy atom. The molecule has 0 bridgehead atoms. The molecule has 2 heterocycles. The van der Waals surface area contributed by atoms with Gasteiger partial charge in [0.2, 0.25) is 11.7 Å². The molecule has 0 spiro atoms. The second-order valence-electron chi connectivity index (χ2n) is 5.01. The largest absolute Gasteiger partial charge is 0.339 e. The molecular formula is C14H17Cl2N3O. The van der Waals surface area contributed by atoms with Crippen LogP contribution in [0.3, 0.4) is 0 Å². The van der Waals surface area contributed by atoms with E-state index in [1.54, 1.807) is 0 Å². The molecule has 1 aromatic carbocycles. The molecule has 1 fully saturated rings. The first-order valence-corrected chi connectivity index (χ1v) is 6.93. The molecule has 20 heavy (non-hydrogen) atoms. The highest BCUT2D eigenvalue weighted by atomic mass is 35.5. The molecular weight excluding hydrogens is 297 g/mol. The highest BCUT2D eigenvalue weighted by Crippen LogP contribution is 2.30. The summed E-state index contributed by atoms with van der Waals surface area (Å²) in [6, 6.07) is 8.04. The van der Waals surface area contributed by atoms with Gasteiger partial charge < -0.3 is 9.84 Å². The fourth-order valence-corrected chi connectivity index (χ4v) is 2.73. The molecule has 1 aliphatic rings. The number of rotatable bonds is 2. The van der Waals surface area contributed by atoms with Crippen LogP contribution in [-0.4, -0.2) is 22.7 Å². The molecule has 1 saturated heterocycles. The molecule has 6 heteroatoms. The van der Waals surface area contributed by atoms with Gasteiger partial charge in [-0.1, -0.05) is 28.9 Å². The first-order chi connectivity index (χ1) is 9.24. The van der Waals surface area contributed by atoms with Crippen molar-refractivity contribution in [2.45, 2.75) is 31.7 Å². The number of halogens is 2. The molecule has 0 radical (unpaired) electrons. The van der Waals surface area contributed by atoms with Crippen molar-refractivity contribution in [2.24, 2.45) is 0 Å². The Labute approximate surface area is 129 Å². The summed E-state index contributed by atoms with van der Waals surface area (Å²) >= 11 is 6.15. The Kier molecular flexibility index (Phi) is 5.02. The summed E-state index contributed by atoms with van der Waals surface area (Å²) in [6.45, 7) is 3.17. The molecule has 0 amide bonds. The van der Waals surface area contributed by atoms with Gasteiger partial charge in [0.05, 0.1) is 5.02 Å². The molecule has 0 aliphatic carbocycles. The minimum atomic E-state index is 0. The summed E-state index contributed by atoms with van der Waals surface area (Å²) in [5, 5.41) is 8.12. The maximum absolute atomic E-state index is 6.15. The zero-order valence-corrected chi connectivity index (χ0v) is 12.7. The van der Waals surface area contributed by atoms with Crippen molar-refractivity contribution in [1.82, 2.24) is 15.5 Å². The van der Waals surface area contributed by atoms with E-state index >= 15 is 0 Å². The summed E-state index contributed by atoms with van der Waals surface area (Å²) in [6.07, 6.45) is 2.07. The van der Waals surface area contributed by atoms with Crippen LogP contribution in [0.5, 0.6) is 0 Å². The number of benzene rings is 1. The van der Waals surface area contributed by atoms with Crippen LogP contribution in [0.25, 0.3) is 11.4 Å². The van der Waals surface area contributed by atoms with Gasteiger partial charge in [0, 0.05) is 17.5 Å². The van der Waals surface area contributed by atoms with Crippen LogP contribution >= 0.6 is 24.0 Å². The Morgan fingerprint density at radius 1 is 1.35 bits per heavy atom. The molecule has 108 valence electrons. The van der Waals surface area contributed by atoms with E-state index < -0.39 is 0 Å². The fourth-order valence-electron chi connectivity index (χ4n) is 2.51. The predicted molar refractivity (Wildman–Crippen MR) is 81.4 cm³/mol. The van der Waals surface area contributed by atoms with Crippen molar-refractivity contribution in [3.63, 3.8) is 0 Å². The van der Waals surface area contributed by atoms with Crippen molar-refractivity contribution >= 4 is 24.0 Å². The molecule has 3 rings (SSSR count). The highest BCUT2D eigenvalue weighted by Gasteiger charge is 2.25. The van der Waals surface area contributed by atoms with E-state index in [4.69, 9.17) is 16.1 Å². The molecule has 1 aliphatic heterocycles. The van der Waals surface area contributed by atoms with Gasteiger partial charge in [-0.25, -0.2) is 0 Å². The van der Waals surface area contributed by atoms with Crippen LogP contribution in [0.1, 0.15) is 31.6 Å². The van der Waals surface area contributed by atoms with Gasteiger partial charge in [0.15, 0.2) is 0 Å². The summed E-state index contributed by atoms with van der Waals surface area (Å²) in [5.41, 5.74) is 0.821. The molecule has 4 nitrogen and oxygen atoms in total. The standard InChI is InChI=1S/C14H16ClN3O.ClH/c1-9-8-10(6-7-16-9)14-17-13(18-19-14)11-4-2-3-5-12(11)15;/h2-5,9-10,16H,6-8H2,1H3;1H/t9-,10-;/m0./s1. The van der Waals surface area contributed by atoms with E-state index in [2.05, 4.69) is 22.4 Å². The highest BCUT2D eigenvalue weighted by molar-refractivity contribution is 6.33. The third-order valence-corrected chi connectivity index (χ3v) is 3.86. The van der Waals surface area contributed by atoms with Crippen LogP contribution in [-0.2, 0) is 0 Å². The Morgan fingerprint density at radius 3 is 2.90 bits per heavy atom. The molecule has 0 saturated carbocycles. The Bertz CT molecular complexity index is 573. The first kappa shape index (κ1) is 15.3. The van der Waals surface area contributed by atoms with E-state index in [1.165, 1.54) is 0 Å². The van der Waals surface area contributed by atoms with E-state index in [9.17, 15) is 0 Å². The van der Waals surface area contributed by atoms with Gasteiger partial charge in [-0.3, -0.25) is 0 Å². The Hall–Kier alpha value is -1.10. The van der Waals surface area contributed by atoms with Crippen molar-refractivity contribution in [3.05, 3.63) is 35.2 Å². The molecule has 2 atom stereocenters. The van der Waals surface area contributed by atoms with Gasteiger partial charge in [-0.05, 0) is 38.4 Å². The van der Waals surface area contributed by atoms with Crippen molar-refractivity contribution in [1.29, 1.82) is 0 Å². The van der Waals surface area contributed by atoms with E-state index in [-0.39, 0.29) is 12.4 Å². The Balaban J connectivity index is 0.00000147. The van der Waals surface area contributed by atoms with Crippen molar-refractivity contribution < 1.29 is 4.52 Å². The average Bonchev–Trinajstić information content (AvgIpc) is 2.89. The van der Waals surface area contributed by atoms with Gasteiger partial charge in [-0.2, -0.15) is 4.98 Å². The number of hydrogen-bond donors (Lipinski definition) is 1. The van der Waals surface area contributed by atoms with E-state index in [0.29, 0.717) is 22.8 Å². The van der Waals surface area contributed by atoms with Gasteiger partial charge in [0.1, 0.15) is 0 Å². The first-order valence-electron chi connectivity index (χ1n) is 6.56. The summed E-state index contributed by atoms with van der Waals surface area (Å²) in [5.74, 6) is 1.65. The normalized spacial score (nSPS) is 22.3. The fraction of sp³-hybridized carbons (Fsp3) is 0.429. The van der Waals surface area contributed by atoms with E-state index in [0.717, 1.165) is 30.8 Å². The third-order valence-electron chi connectivity index (χ3n) is 3.53. The van der Waals surface area contributed by atoms with Crippen molar-refractivity contribution in [3.8, 4) is 11.4 Å². The minimum absolute atomic E-state index is 0. The van der Waals surface area contributed by atoms with Gasteiger partial charge >= 0.3 is 0 Å². The number of piperidine rings is 1. The molecule has 2 aromatic rings. The van der Waals surface area contributed by atoms with Crippen LogP contribution < -0.4 is 5.32 Å². The lowest BCUT2D eigenvalue weighted by molar-refractivity contribution is 0.295. The lowest BCUT2D eigenvalue weighted by atomic mass is 9.93. The smallest absolute Gasteiger partial charge is 0.230 e. The number of hydrogen-bond acceptors (Lipinski definition) is 4. The monoisotopic (exact) mass is 313 g/mol. The second kappa shape index (κ2) is 6.57. The van der Waals surface area contributed by atoms with Gasteiger partial charge in [-0.15, -0.1) is 12.4 Å². The lowest BCUT2D eigenvalue weighted by Crippen LogP contribution is -2.34. The predicted octanol–water partition coefficient (Wildman–Crippen LogP) is 3.67. The van der Waals surface area contributed by atoms with Gasteiger partial charge in [0.25, 0.3) is 0 Å². The molecule has 1 aromatic heterocycles. The summed E-state index contributed by atoms with van der Waals surface area (Å²) < 4.78 is 5.41. The minimum Gasteiger partial charge on any atom is -0.339 e. The lowest BCUT2D eigenvalue weighted by Gasteiger charge is -2.25. The average molecular weight is 314 g/mol. The summed E-state index contributed by atoms with van der Waals surface area (Å²) in [7, 11) is 0. The third kappa shape index (κ3) is 3.14. The number of nitrogens with zero attached hydrogens (tertiary/aromatic N) is 2. The zero-order valence-electron chi connectivity index (χ0n) is 11.2. The number of nitrogens with one attached hydrogen (secondary N) is 1. The molecule has 0 unspecified atom stereocenters. The van der Waals surface area contributed by atoms with Crippen LogP contribution in [0.4, 0.5) is 0 Å². The van der Waals surface area contributed by atoms with Crippen LogP contribution in [0.15, 0.2) is 28.8 Å². The number of aromatic nitrogens is 2. The maximum atomic E-state index is 6.15. The zero-order chi connectivity index (χ0) is 13.2. The summed E-state index contributed by atoms with van der Waals surface area (Å²) in [4.78, 5) is 4.51. The molecule has 1 N–H and O–H groups in total. The van der Waals surface area contributed by atoms with Crippen LogP contribution in [0.2, 0.25) is 5.02 Å². The topological polar surface area (TPSA) is 51.0 Å². The maximum Gasteiger partial charge on any atom is 0.230 e. The van der Waals surface area contributed by atoms with Crippen LogP contribution in [0, 0.1) is 0 Å². The SMILES string of the molecule is C[C@H]1C[C@@H](c2nc(-c3ccccc3Cl)no2)CCN1.Cl. The second-order valence-corrected chi connectivity index (χ2v) is 5.42. The van der Waals surface area contributed by atoms with Crippen molar-refractivity contribution in [2.75, 3.05) is 6.54 Å².